The minimum Gasteiger partial charge on any atom is -0.383 e. The molecule has 2 atom stereocenters. The van der Waals surface area contributed by atoms with E-state index in [1.54, 1.807) is 0 Å². The van der Waals surface area contributed by atoms with Crippen LogP contribution in [0.15, 0.2) is 24.3 Å². The molecule has 0 saturated carbocycles. The summed E-state index contributed by atoms with van der Waals surface area (Å²) < 4.78 is 2.37. The zero-order valence-electron chi connectivity index (χ0n) is 13.3. The smallest absolute Gasteiger partial charge is 0.171 e. The van der Waals surface area contributed by atoms with Crippen LogP contribution < -0.4 is 0 Å². The molecule has 0 saturated heterocycles. The average Bonchev–Trinajstić information content (AvgIpc) is 2.89. The summed E-state index contributed by atoms with van der Waals surface area (Å²) in [4.78, 5) is 3.63. The second kappa shape index (κ2) is 5.24. The van der Waals surface area contributed by atoms with Gasteiger partial charge >= 0.3 is 0 Å². The van der Waals surface area contributed by atoms with Gasteiger partial charge in [0.1, 0.15) is 18.4 Å². The van der Waals surface area contributed by atoms with Crippen LogP contribution in [0.4, 0.5) is 0 Å². The lowest BCUT2D eigenvalue weighted by Gasteiger charge is -2.31. The summed E-state index contributed by atoms with van der Waals surface area (Å²) in [7, 11) is 0. The molecular formula is C19H25N2O+. The number of rotatable bonds is 1. The first kappa shape index (κ1) is 14.0. The maximum absolute atomic E-state index is 10.8. The highest BCUT2D eigenvalue weighted by molar-refractivity contribution is 5.84. The first-order valence-corrected chi connectivity index (χ1v) is 8.57. The third-order valence-electron chi connectivity index (χ3n) is 5.54. The van der Waals surface area contributed by atoms with Gasteiger partial charge in [0.2, 0.25) is 0 Å². The number of fused-ring (bicyclic) bond motifs is 4. The number of H-pyrrole nitrogens is 1. The molecule has 3 heteroatoms. The molecule has 2 aliphatic heterocycles. The highest BCUT2D eigenvalue weighted by Gasteiger charge is 2.38. The maximum atomic E-state index is 10.8. The monoisotopic (exact) mass is 297 g/mol. The van der Waals surface area contributed by atoms with Crippen LogP contribution in [-0.4, -0.2) is 39.6 Å². The van der Waals surface area contributed by atoms with Gasteiger partial charge in [-0.3, -0.25) is 0 Å². The molecular weight excluding hydrogens is 272 g/mol. The Morgan fingerprint density at radius 2 is 2.18 bits per heavy atom. The van der Waals surface area contributed by atoms with Gasteiger partial charge in [-0.1, -0.05) is 25.1 Å². The summed E-state index contributed by atoms with van der Waals surface area (Å²) in [5.41, 5.74) is 3.65. The maximum Gasteiger partial charge on any atom is 0.171 e. The van der Waals surface area contributed by atoms with Crippen LogP contribution in [0.25, 0.3) is 10.9 Å². The van der Waals surface area contributed by atoms with E-state index in [0.717, 1.165) is 45.2 Å². The van der Waals surface area contributed by atoms with Crippen molar-refractivity contribution in [3.63, 3.8) is 0 Å². The number of nitrogens with one attached hydrogen (secondary N) is 1. The van der Waals surface area contributed by atoms with Gasteiger partial charge in [0.15, 0.2) is 6.54 Å². The molecule has 0 aliphatic carbocycles. The third-order valence-corrected chi connectivity index (χ3v) is 5.54. The molecule has 1 aromatic heterocycles. The van der Waals surface area contributed by atoms with Crippen molar-refractivity contribution in [3.05, 3.63) is 35.5 Å². The van der Waals surface area contributed by atoms with Gasteiger partial charge in [-0.05, 0) is 37.3 Å². The quantitative estimate of drug-likeness (QED) is 0.781. The molecule has 0 radical (unpaired) electrons. The summed E-state index contributed by atoms with van der Waals surface area (Å²) >= 11 is 0. The topological polar surface area (TPSA) is 39.0 Å². The van der Waals surface area contributed by atoms with Gasteiger partial charge in [0.05, 0.1) is 0 Å². The number of hydrogen-bond donors (Lipinski definition) is 2. The van der Waals surface area contributed by atoms with Crippen molar-refractivity contribution >= 4 is 17.1 Å². The Balaban J connectivity index is 1.70. The number of nitrogens with zero attached hydrogens (tertiary/aromatic N) is 1. The Bertz CT molecular complexity index is 730. The van der Waals surface area contributed by atoms with Crippen LogP contribution in [0, 0.1) is 5.92 Å². The molecule has 116 valence electrons. The Morgan fingerprint density at radius 3 is 3.05 bits per heavy atom. The Labute approximate surface area is 131 Å². The SMILES string of the molecule is CC[C@]1(O)C[C@H]2C=[N+](CCc3c([nH]c4ccccc34)CC2)C1. The molecule has 2 aromatic rings. The van der Waals surface area contributed by atoms with E-state index in [9.17, 15) is 5.11 Å². The average molecular weight is 297 g/mol. The highest BCUT2D eigenvalue weighted by atomic mass is 16.3. The lowest BCUT2D eigenvalue weighted by Crippen LogP contribution is -2.46. The van der Waals surface area contributed by atoms with Crippen LogP contribution in [0.3, 0.4) is 0 Å². The second-order valence-electron chi connectivity index (χ2n) is 7.08. The van der Waals surface area contributed by atoms with Crippen molar-refractivity contribution < 1.29 is 9.68 Å². The molecule has 3 heterocycles. The molecule has 0 fully saturated rings. The van der Waals surface area contributed by atoms with Crippen molar-refractivity contribution in [2.75, 3.05) is 13.1 Å². The van der Waals surface area contributed by atoms with Gasteiger partial charge in [0.25, 0.3) is 0 Å². The zero-order valence-corrected chi connectivity index (χ0v) is 13.3. The number of para-hydroxylation sites is 1. The molecule has 2 bridgehead atoms. The van der Waals surface area contributed by atoms with E-state index in [1.165, 1.54) is 22.2 Å². The predicted molar refractivity (Wildman–Crippen MR) is 89.7 cm³/mol. The fraction of sp³-hybridized carbons (Fsp3) is 0.526. The molecule has 0 amide bonds. The molecule has 0 spiro atoms. The van der Waals surface area contributed by atoms with E-state index >= 15 is 0 Å². The lowest BCUT2D eigenvalue weighted by molar-refractivity contribution is -0.549. The normalized spacial score (nSPS) is 28.5. The van der Waals surface area contributed by atoms with E-state index in [-0.39, 0.29) is 0 Å². The second-order valence-corrected chi connectivity index (χ2v) is 7.08. The molecule has 3 nitrogen and oxygen atoms in total. The van der Waals surface area contributed by atoms with E-state index < -0.39 is 5.60 Å². The van der Waals surface area contributed by atoms with Crippen LogP contribution in [-0.2, 0) is 12.8 Å². The van der Waals surface area contributed by atoms with Crippen molar-refractivity contribution in [1.29, 1.82) is 0 Å². The molecule has 4 rings (SSSR count). The first-order valence-electron chi connectivity index (χ1n) is 8.57. The zero-order chi connectivity index (χ0) is 15.2. The van der Waals surface area contributed by atoms with Gasteiger partial charge in [-0.25, -0.2) is 4.58 Å². The largest absolute Gasteiger partial charge is 0.383 e. The minimum atomic E-state index is -0.500. The Kier molecular flexibility index (Phi) is 3.33. The van der Waals surface area contributed by atoms with Crippen molar-refractivity contribution in [1.82, 2.24) is 4.98 Å². The summed E-state index contributed by atoms with van der Waals surface area (Å²) in [5, 5.41) is 12.1. The van der Waals surface area contributed by atoms with E-state index in [4.69, 9.17) is 0 Å². The number of aryl methyl sites for hydroxylation is 1. The predicted octanol–water partition coefficient (Wildman–Crippen LogP) is 2.90. The molecule has 2 N–H and O–H groups in total. The van der Waals surface area contributed by atoms with E-state index in [1.807, 2.05) is 0 Å². The summed E-state index contributed by atoms with van der Waals surface area (Å²) in [5.74, 6) is 0.496. The van der Waals surface area contributed by atoms with Gasteiger partial charge in [0, 0.05) is 28.9 Å². The van der Waals surface area contributed by atoms with Crippen molar-refractivity contribution in [3.8, 4) is 0 Å². The fourth-order valence-corrected chi connectivity index (χ4v) is 4.26. The van der Waals surface area contributed by atoms with Crippen molar-refractivity contribution in [2.45, 2.75) is 44.6 Å². The van der Waals surface area contributed by atoms with Crippen LogP contribution in [0.2, 0.25) is 0 Å². The van der Waals surface area contributed by atoms with Crippen LogP contribution in [0.5, 0.6) is 0 Å². The van der Waals surface area contributed by atoms with Crippen molar-refractivity contribution in [2.24, 2.45) is 5.92 Å². The highest BCUT2D eigenvalue weighted by Crippen LogP contribution is 2.31. The van der Waals surface area contributed by atoms with Crippen LogP contribution >= 0.6 is 0 Å². The number of hydrogen-bond acceptors (Lipinski definition) is 1. The third kappa shape index (κ3) is 2.38. The number of aromatic amines is 1. The molecule has 1 aromatic carbocycles. The van der Waals surface area contributed by atoms with Gasteiger partial charge < -0.3 is 10.1 Å². The Hall–Kier alpha value is -1.61. The van der Waals surface area contributed by atoms with E-state index in [0.29, 0.717) is 5.92 Å². The molecule has 2 aliphatic rings. The van der Waals surface area contributed by atoms with Gasteiger partial charge in [-0.2, -0.15) is 0 Å². The Morgan fingerprint density at radius 1 is 1.32 bits per heavy atom. The fourth-order valence-electron chi connectivity index (χ4n) is 4.26. The number of aliphatic hydroxyl groups is 1. The first-order chi connectivity index (χ1) is 10.7. The summed E-state index contributed by atoms with van der Waals surface area (Å²) in [6.45, 7) is 3.90. The van der Waals surface area contributed by atoms with E-state index in [2.05, 4.69) is 47.0 Å². The van der Waals surface area contributed by atoms with Crippen LogP contribution in [0.1, 0.15) is 37.4 Å². The summed E-state index contributed by atoms with van der Waals surface area (Å²) in [6, 6.07) is 8.64. The summed E-state index contributed by atoms with van der Waals surface area (Å²) in [6.07, 6.45) is 7.41. The number of benzene rings is 1. The number of aromatic nitrogens is 1. The van der Waals surface area contributed by atoms with Gasteiger partial charge in [-0.15, -0.1) is 0 Å². The minimum absolute atomic E-state index is 0.496. The molecule has 22 heavy (non-hydrogen) atoms. The lowest BCUT2D eigenvalue weighted by atomic mass is 9.83. The standard InChI is InChI=1S/C19H25N2O/c1-2-19(22)11-14-7-8-18-16(9-10-21(12-14)13-19)15-5-3-4-6-17(15)20-18/h3-6,12,14,20,22H,2,7-11,13H2,1H3/q+1/t14-,19-/m0/s1. The molecule has 0 unspecified atom stereocenters.